The number of aryl methyl sites for hydroxylation is 1. The molecule has 0 aliphatic carbocycles. The summed E-state index contributed by atoms with van der Waals surface area (Å²) < 4.78 is 0. The van der Waals surface area contributed by atoms with Gasteiger partial charge in [-0.15, -0.1) is 11.6 Å². The summed E-state index contributed by atoms with van der Waals surface area (Å²) in [6.45, 7) is 2.09. The fraction of sp³-hybridized carbons (Fsp3) is 0.154. The minimum absolute atomic E-state index is 0.541. The molecular weight excluding hydrogens is 206 g/mol. The molecule has 2 heteroatoms. The number of alkyl halides is 1. The minimum Gasteiger partial charge on any atom is -0.256 e. The summed E-state index contributed by atoms with van der Waals surface area (Å²) in [6, 6.07) is 8.21. The molecule has 0 radical (unpaired) electrons. The quantitative estimate of drug-likeness (QED) is 0.698. The Morgan fingerprint density at radius 2 is 2.20 bits per heavy atom. The lowest BCUT2D eigenvalue weighted by molar-refractivity contribution is 1.36. The highest BCUT2D eigenvalue weighted by atomic mass is 35.5. The van der Waals surface area contributed by atoms with Crippen LogP contribution in [0.1, 0.15) is 11.1 Å². The van der Waals surface area contributed by atoms with Crippen molar-refractivity contribution in [1.82, 2.24) is 4.98 Å². The molecule has 0 atom stereocenters. The predicted octanol–water partition coefficient (Wildman–Crippen LogP) is 3.80. The summed E-state index contributed by atoms with van der Waals surface area (Å²) >= 11 is 5.62. The molecule has 0 aliphatic heterocycles. The summed E-state index contributed by atoms with van der Waals surface area (Å²) in [6.07, 6.45) is 5.81. The highest BCUT2D eigenvalue weighted by molar-refractivity contribution is 6.19. The van der Waals surface area contributed by atoms with Crippen molar-refractivity contribution < 1.29 is 0 Å². The normalized spacial score (nSPS) is 11.3. The number of allylic oxidation sites excluding steroid dienone is 1. The number of hydrogen-bond acceptors (Lipinski definition) is 1. The zero-order chi connectivity index (χ0) is 10.7. The van der Waals surface area contributed by atoms with E-state index in [4.69, 9.17) is 11.6 Å². The fourth-order valence-electron chi connectivity index (χ4n) is 1.66. The second-order valence-electron chi connectivity index (χ2n) is 3.41. The van der Waals surface area contributed by atoms with Crippen molar-refractivity contribution in [3.05, 3.63) is 47.7 Å². The number of hydrogen-bond donors (Lipinski definition) is 0. The van der Waals surface area contributed by atoms with Gasteiger partial charge in [0, 0.05) is 17.5 Å². The van der Waals surface area contributed by atoms with Crippen LogP contribution in [0.4, 0.5) is 0 Å². The van der Waals surface area contributed by atoms with Gasteiger partial charge in [0.15, 0.2) is 0 Å². The van der Waals surface area contributed by atoms with Crippen molar-refractivity contribution in [2.75, 3.05) is 5.88 Å². The Kier molecular flexibility index (Phi) is 3.02. The summed E-state index contributed by atoms with van der Waals surface area (Å²) in [7, 11) is 0. The van der Waals surface area contributed by atoms with Gasteiger partial charge in [0.05, 0.1) is 5.52 Å². The van der Waals surface area contributed by atoms with E-state index in [9.17, 15) is 0 Å². The number of benzene rings is 1. The molecule has 1 aromatic carbocycles. The van der Waals surface area contributed by atoms with E-state index < -0.39 is 0 Å². The molecule has 2 aromatic rings. The SMILES string of the molecule is Cc1c(C=CCCl)ccc2cccnc12. The predicted molar refractivity (Wildman–Crippen MR) is 66.2 cm³/mol. The van der Waals surface area contributed by atoms with Crippen LogP contribution < -0.4 is 0 Å². The van der Waals surface area contributed by atoms with E-state index in [1.54, 1.807) is 0 Å². The largest absolute Gasteiger partial charge is 0.256 e. The third-order valence-electron chi connectivity index (χ3n) is 2.46. The molecule has 2 rings (SSSR count). The van der Waals surface area contributed by atoms with Gasteiger partial charge >= 0.3 is 0 Å². The smallest absolute Gasteiger partial charge is 0.0737 e. The molecule has 1 aromatic heterocycles. The van der Waals surface area contributed by atoms with Gasteiger partial charge in [-0.25, -0.2) is 0 Å². The molecule has 0 saturated carbocycles. The Morgan fingerprint density at radius 1 is 1.33 bits per heavy atom. The third-order valence-corrected chi connectivity index (χ3v) is 2.63. The highest BCUT2D eigenvalue weighted by Crippen LogP contribution is 2.20. The van der Waals surface area contributed by atoms with Crippen molar-refractivity contribution in [1.29, 1.82) is 0 Å². The summed E-state index contributed by atoms with van der Waals surface area (Å²) in [5.41, 5.74) is 3.45. The lowest BCUT2D eigenvalue weighted by Gasteiger charge is -2.04. The van der Waals surface area contributed by atoms with Crippen molar-refractivity contribution in [3.8, 4) is 0 Å². The van der Waals surface area contributed by atoms with Crippen LogP contribution >= 0.6 is 11.6 Å². The molecule has 0 bridgehead atoms. The van der Waals surface area contributed by atoms with Crippen LogP contribution in [0, 0.1) is 6.92 Å². The molecule has 1 heterocycles. The molecule has 0 unspecified atom stereocenters. The van der Waals surface area contributed by atoms with E-state index in [-0.39, 0.29) is 0 Å². The van der Waals surface area contributed by atoms with Gasteiger partial charge < -0.3 is 0 Å². The summed E-state index contributed by atoms with van der Waals surface area (Å²) in [5.74, 6) is 0.541. The van der Waals surface area contributed by atoms with Gasteiger partial charge in [0.1, 0.15) is 0 Å². The van der Waals surface area contributed by atoms with Crippen molar-refractivity contribution in [3.63, 3.8) is 0 Å². The monoisotopic (exact) mass is 217 g/mol. The molecule has 0 fully saturated rings. The standard InChI is InChI=1S/C13H12ClN/c1-10-11(4-2-8-14)6-7-12-5-3-9-15-13(10)12/h2-7,9H,8H2,1H3. The first-order valence-corrected chi connectivity index (χ1v) is 5.43. The molecular formula is C13H12ClN. The van der Waals surface area contributed by atoms with Crippen LogP contribution in [-0.4, -0.2) is 10.9 Å². The van der Waals surface area contributed by atoms with E-state index in [0.29, 0.717) is 5.88 Å². The molecule has 76 valence electrons. The van der Waals surface area contributed by atoms with Crippen LogP contribution in [-0.2, 0) is 0 Å². The zero-order valence-corrected chi connectivity index (χ0v) is 9.33. The highest BCUT2D eigenvalue weighted by Gasteiger charge is 2.00. The average molecular weight is 218 g/mol. The van der Waals surface area contributed by atoms with Gasteiger partial charge in [0.2, 0.25) is 0 Å². The van der Waals surface area contributed by atoms with Gasteiger partial charge in [-0.2, -0.15) is 0 Å². The van der Waals surface area contributed by atoms with E-state index in [1.807, 2.05) is 24.4 Å². The molecule has 0 aliphatic rings. The molecule has 0 amide bonds. The number of nitrogens with zero attached hydrogens (tertiary/aromatic N) is 1. The Morgan fingerprint density at radius 3 is 3.00 bits per heavy atom. The number of fused-ring (bicyclic) bond motifs is 1. The molecule has 0 spiro atoms. The van der Waals surface area contributed by atoms with Gasteiger partial charge in [-0.3, -0.25) is 4.98 Å². The van der Waals surface area contributed by atoms with Crippen LogP contribution in [0.5, 0.6) is 0 Å². The van der Waals surface area contributed by atoms with Crippen molar-refractivity contribution in [2.24, 2.45) is 0 Å². The van der Waals surface area contributed by atoms with Crippen molar-refractivity contribution in [2.45, 2.75) is 6.92 Å². The average Bonchev–Trinajstić information content (AvgIpc) is 2.29. The van der Waals surface area contributed by atoms with E-state index in [0.717, 1.165) is 5.52 Å². The van der Waals surface area contributed by atoms with E-state index in [1.165, 1.54) is 16.5 Å². The molecule has 0 saturated heterocycles. The maximum absolute atomic E-state index is 5.62. The third kappa shape index (κ3) is 2.02. The van der Waals surface area contributed by atoms with Gasteiger partial charge in [-0.1, -0.05) is 30.4 Å². The first kappa shape index (κ1) is 10.2. The maximum Gasteiger partial charge on any atom is 0.0737 e. The number of rotatable bonds is 2. The van der Waals surface area contributed by atoms with Gasteiger partial charge in [0.25, 0.3) is 0 Å². The second-order valence-corrected chi connectivity index (χ2v) is 3.72. The van der Waals surface area contributed by atoms with Crippen LogP contribution in [0.3, 0.4) is 0 Å². The Bertz CT molecular complexity index is 503. The fourth-order valence-corrected chi connectivity index (χ4v) is 1.75. The first-order chi connectivity index (χ1) is 7.33. The van der Waals surface area contributed by atoms with Crippen LogP contribution in [0.15, 0.2) is 36.5 Å². The molecule has 0 N–H and O–H groups in total. The Balaban J connectivity index is 2.60. The number of halogens is 1. The summed E-state index contributed by atoms with van der Waals surface area (Å²) in [5, 5.41) is 1.18. The summed E-state index contributed by atoms with van der Waals surface area (Å²) in [4.78, 5) is 4.38. The number of pyridine rings is 1. The topological polar surface area (TPSA) is 12.9 Å². The van der Waals surface area contributed by atoms with Crippen LogP contribution in [0.25, 0.3) is 17.0 Å². The molecule has 15 heavy (non-hydrogen) atoms. The zero-order valence-electron chi connectivity index (χ0n) is 8.57. The number of aromatic nitrogens is 1. The maximum atomic E-state index is 5.62. The van der Waals surface area contributed by atoms with Gasteiger partial charge in [-0.05, 0) is 24.1 Å². The first-order valence-electron chi connectivity index (χ1n) is 4.90. The van der Waals surface area contributed by atoms with Crippen LogP contribution in [0.2, 0.25) is 0 Å². The second kappa shape index (κ2) is 4.45. The molecule has 1 nitrogen and oxygen atoms in total. The Labute approximate surface area is 94.4 Å². The Hall–Kier alpha value is -1.34. The van der Waals surface area contributed by atoms with E-state index in [2.05, 4.69) is 30.1 Å². The lowest BCUT2D eigenvalue weighted by atomic mass is 10.0. The van der Waals surface area contributed by atoms with E-state index >= 15 is 0 Å². The minimum atomic E-state index is 0.541. The lowest BCUT2D eigenvalue weighted by Crippen LogP contribution is -1.86. The van der Waals surface area contributed by atoms with Crippen molar-refractivity contribution >= 4 is 28.6 Å².